The minimum atomic E-state index is -0.515. The predicted octanol–water partition coefficient (Wildman–Crippen LogP) is 3.22. The molecule has 0 atom stereocenters. The van der Waals surface area contributed by atoms with Gasteiger partial charge in [0.15, 0.2) is 0 Å². The Bertz CT molecular complexity index is 743. The Morgan fingerprint density at radius 1 is 1.00 bits per heavy atom. The van der Waals surface area contributed by atoms with Crippen molar-refractivity contribution >= 4 is 12.0 Å². The van der Waals surface area contributed by atoms with Gasteiger partial charge in [-0.25, -0.2) is 9.18 Å². The molecule has 1 saturated heterocycles. The first kappa shape index (κ1) is 17.0. The normalized spacial score (nSPS) is 14.8. The quantitative estimate of drug-likeness (QED) is 0.932. The fourth-order valence-corrected chi connectivity index (χ4v) is 2.82. The lowest BCUT2D eigenvalue weighted by Crippen LogP contribution is -2.47. The summed E-state index contributed by atoms with van der Waals surface area (Å²) in [6.45, 7) is 0.924. The number of amides is 2. The van der Waals surface area contributed by atoms with Crippen LogP contribution in [0.25, 0.3) is 0 Å². The summed E-state index contributed by atoms with van der Waals surface area (Å²) in [5, 5.41) is 2.80. The molecule has 1 aliphatic rings. The molecule has 1 fully saturated rings. The number of halogens is 1. The van der Waals surface area contributed by atoms with Gasteiger partial charge < -0.3 is 15.0 Å². The molecule has 0 unspecified atom stereocenters. The maximum atomic E-state index is 13.7. The maximum absolute atomic E-state index is 13.7. The van der Waals surface area contributed by atoms with Crippen LogP contribution in [-0.2, 0) is 0 Å². The number of ether oxygens (including phenoxy) is 1. The number of nitrogens with zero attached hydrogens (tertiary/aromatic N) is 1. The van der Waals surface area contributed by atoms with Gasteiger partial charge in [-0.1, -0.05) is 30.3 Å². The smallest absolute Gasteiger partial charge is 0.410 e. The van der Waals surface area contributed by atoms with E-state index in [9.17, 15) is 14.0 Å². The molecule has 25 heavy (non-hydrogen) atoms. The van der Waals surface area contributed by atoms with Gasteiger partial charge >= 0.3 is 6.09 Å². The number of carbonyl (C=O) groups excluding carboxylic acids is 2. The van der Waals surface area contributed by atoms with E-state index in [-0.39, 0.29) is 17.5 Å². The summed E-state index contributed by atoms with van der Waals surface area (Å²) in [6, 6.07) is 14.7. The number of para-hydroxylation sites is 1. The highest BCUT2D eigenvalue weighted by Crippen LogP contribution is 2.16. The van der Waals surface area contributed by atoms with Gasteiger partial charge in [0.05, 0.1) is 5.56 Å². The number of piperidine rings is 1. The van der Waals surface area contributed by atoms with Gasteiger partial charge in [-0.05, 0) is 37.1 Å². The Balaban J connectivity index is 1.49. The summed E-state index contributed by atoms with van der Waals surface area (Å²) in [6.07, 6.45) is 0.693. The zero-order valence-corrected chi connectivity index (χ0v) is 13.7. The monoisotopic (exact) mass is 342 g/mol. The fraction of sp³-hybridized carbons (Fsp3) is 0.263. The van der Waals surface area contributed by atoms with Crippen LogP contribution in [-0.4, -0.2) is 36.0 Å². The lowest BCUT2D eigenvalue weighted by molar-refractivity contribution is 0.0701. The Kier molecular flexibility index (Phi) is 5.28. The highest BCUT2D eigenvalue weighted by molar-refractivity contribution is 5.94. The molecule has 6 heteroatoms. The van der Waals surface area contributed by atoms with Crippen molar-refractivity contribution < 1.29 is 18.7 Å². The number of hydrogen-bond donors (Lipinski definition) is 1. The van der Waals surface area contributed by atoms with E-state index in [0.29, 0.717) is 31.7 Å². The van der Waals surface area contributed by atoms with E-state index in [0.717, 1.165) is 0 Å². The van der Waals surface area contributed by atoms with Gasteiger partial charge in [0.1, 0.15) is 11.6 Å². The summed E-state index contributed by atoms with van der Waals surface area (Å²) in [4.78, 5) is 25.9. The van der Waals surface area contributed by atoms with Gasteiger partial charge in [-0.3, -0.25) is 4.79 Å². The summed E-state index contributed by atoms with van der Waals surface area (Å²) in [5.74, 6) is -0.352. The molecule has 0 saturated carbocycles. The minimum Gasteiger partial charge on any atom is -0.410 e. The first-order chi connectivity index (χ1) is 12.1. The highest BCUT2D eigenvalue weighted by atomic mass is 19.1. The Morgan fingerprint density at radius 3 is 2.32 bits per heavy atom. The van der Waals surface area contributed by atoms with Crippen LogP contribution in [0, 0.1) is 5.82 Å². The molecule has 0 aliphatic carbocycles. The van der Waals surface area contributed by atoms with Gasteiger partial charge in [0.2, 0.25) is 0 Å². The highest BCUT2D eigenvalue weighted by Gasteiger charge is 2.26. The predicted molar refractivity (Wildman–Crippen MR) is 90.9 cm³/mol. The van der Waals surface area contributed by atoms with Crippen LogP contribution in [0.4, 0.5) is 9.18 Å². The number of nitrogens with one attached hydrogen (secondary N) is 1. The fourth-order valence-electron chi connectivity index (χ4n) is 2.82. The molecule has 3 rings (SSSR count). The summed E-state index contributed by atoms with van der Waals surface area (Å²) < 4.78 is 18.9. The van der Waals surface area contributed by atoms with Crippen molar-refractivity contribution in [2.24, 2.45) is 0 Å². The topological polar surface area (TPSA) is 58.6 Å². The standard InChI is InChI=1S/C19H19FN2O3/c20-17-9-5-4-8-16(17)18(23)22-12-10-14(11-13-22)21-19(24)25-15-6-2-1-3-7-15/h1-9,14H,10-13H2,(H,21,24). The summed E-state index contributed by atoms with van der Waals surface area (Å²) in [5.41, 5.74) is 0.0809. The maximum Gasteiger partial charge on any atom is 0.412 e. The van der Waals surface area contributed by atoms with Crippen molar-refractivity contribution in [3.8, 4) is 5.75 Å². The lowest BCUT2D eigenvalue weighted by atomic mass is 10.0. The van der Waals surface area contributed by atoms with Crippen LogP contribution in [0.1, 0.15) is 23.2 Å². The van der Waals surface area contributed by atoms with E-state index in [1.807, 2.05) is 6.07 Å². The van der Waals surface area contributed by atoms with E-state index in [1.54, 1.807) is 41.3 Å². The van der Waals surface area contributed by atoms with Crippen LogP contribution in [0.3, 0.4) is 0 Å². The number of likely N-dealkylation sites (tertiary alicyclic amines) is 1. The molecule has 0 bridgehead atoms. The summed E-state index contributed by atoms with van der Waals surface area (Å²) in [7, 11) is 0. The Morgan fingerprint density at radius 2 is 1.64 bits per heavy atom. The first-order valence-electron chi connectivity index (χ1n) is 8.20. The van der Waals surface area contributed by atoms with E-state index < -0.39 is 11.9 Å². The van der Waals surface area contributed by atoms with Crippen LogP contribution in [0.5, 0.6) is 5.75 Å². The molecule has 0 aromatic heterocycles. The molecule has 130 valence electrons. The van der Waals surface area contributed by atoms with Crippen LogP contribution in [0.15, 0.2) is 54.6 Å². The molecular formula is C19H19FN2O3. The molecule has 0 spiro atoms. The third-order valence-corrected chi connectivity index (χ3v) is 4.16. The number of hydrogen-bond acceptors (Lipinski definition) is 3. The molecule has 1 heterocycles. The van der Waals surface area contributed by atoms with Crippen molar-refractivity contribution in [3.05, 3.63) is 66.0 Å². The van der Waals surface area contributed by atoms with Gasteiger partial charge in [-0.2, -0.15) is 0 Å². The molecule has 2 aromatic carbocycles. The second kappa shape index (κ2) is 7.79. The van der Waals surface area contributed by atoms with Gasteiger partial charge in [-0.15, -0.1) is 0 Å². The first-order valence-corrected chi connectivity index (χ1v) is 8.20. The second-order valence-electron chi connectivity index (χ2n) is 5.89. The largest absolute Gasteiger partial charge is 0.412 e. The zero-order valence-electron chi connectivity index (χ0n) is 13.7. The van der Waals surface area contributed by atoms with Crippen molar-refractivity contribution in [2.45, 2.75) is 18.9 Å². The lowest BCUT2D eigenvalue weighted by Gasteiger charge is -2.32. The zero-order chi connectivity index (χ0) is 17.6. The van der Waals surface area contributed by atoms with Crippen LogP contribution >= 0.6 is 0 Å². The molecule has 1 aliphatic heterocycles. The van der Waals surface area contributed by atoms with Crippen LogP contribution < -0.4 is 10.1 Å². The van der Waals surface area contributed by atoms with E-state index in [4.69, 9.17) is 4.74 Å². The van der Waals surface area contributed by atoms with Crippen molar-refractivity contribution in [1.82, 2.24) is 10.2 Å². The summed E-state index contributed by atoms with van der Waals surface area (Å²) >= 11 is 0. The van der Waals surface area contributed by atoms with E-state index in [1.165, 1.54) is 12.1 Å². The average molecular weight is 342 g/mol. The molecule has 1 N–H and O–H groups in total. The number of benzene rings is 2. The SMILES string of the molecule is O=C(NC1CCN(C(=O)c2ccccc2F)CC1)Oc1ccccc1. The number of rotatable bonds is 3. The molecule has 0 radical (unpaired) electrons. The van der Waals surface area contributed by atoms with Crippen molar-refractivity contribution in [1.29, 1.82) is 0 Å². The van der Waals surface area contributed by atoms with Crippen molar-refractivity contribution in [3.63, 3.8) is 0 Å². The van der Waals surface area contributed by atoms with Crippen molar-refractivity contribution in [2.75, 3.05) is 13.1 Å². The molecule has 5 nitrogen and oxygen atoms in total. The van der Waals surface area contributed by atoms with E-state index >= 15 is 0 Å². The Hall–Kier alpha value is -2.89. The van der Waals surface area contributed by atoms with Crippen LogP contribution in [0.2, 0.25) is 0 Å². The molecule has 2 amide bonds. The molecular weight excluding hydrogens is 323 g/mol. The Labute approximate surface area is 145 Å². The third kappa shape index (κ3) is 4.35. The average Bonchev–Trinajstić information content (AvgIpc) is 2.63. The van der Waals surface area contributed by atoms with Gasteiger partial charge in [0, 0.05) is 19.1 Å². The minimum absolute atomic E-state index is 0.0686. The molecule has 2 aromatic rings. The van der Waals surface area contributed by atoms with E-state index in [2.05, 4.69) is 5.32 Å². The number of carbonyl (C=O) groups is 2. The second-order valence-corrected chi connectivity index (χ2v) is 5.89. The van der Waals surface area contributed by atoms with Gasteiger partial charge in [0.25, 0.3) is 5.91 Å². The third-order valence-electron chi connectivity index (χ3n) is 4.16.